The molecule has 3 rings (SSSR count). The maximum absolute atomic E-state index is 15.5. The molecule has 1 aromatic carbocycles. The number of esters is 1. The summed E-state index contributed by atoms with van der Waals surface area (Å²) in [6.07, 6.45) is -3.80. The van der Waals surface area contributed by atoms with Crippen LogP contribution in [0, 0.1) is 0 Å². The van der Waals surface area contributed by atoms with Gasteiger partial charge in [0.2, 0.25) is 0 Å². The molecule has 0 aliphatic carbocycles. The number of carbonyl (C=O) groups excluding carboxylic acids is 1. The minimum atomic E-state index is -3.47. The lowest BCUT2D eigenvalue weighted by atomic mass is 9.98. The maximum Gasteiger partial charge on any atom is 0.330 e. The Morgan fingerprint density at radius 1 is 1.31 bits per heavy atom. The lowest BCUT2D eigenvalue weighted by Crippen LogP contribution is -2.43. The second-order valence-corrected chi connectivity index (χ2v) is 11.8. The average Bonchev–Trinajstić information content (AvgIpc) is 3.01. The van der Waals surface area contributed by atoms with Gasteiger partial charge in [0, 0.05) is 12.3 Å². The molecule has 3 N–H and O–H groups in total. The summed E-state index contributed by atoms with van der Waals surface area (Å²) in [5, 5.41) is 13.5. The van der Waals surface area contributed by atoms with Crippen LogP contribution in [0.15, 0.2) is 52.2 Å². The predicted octanol–water partition coefficient (Wildman–Crippen LogP) is 1.77. The van der Waals surface area contributed by atoms with Gasteiger partial charge in [-0.2, -0.15) is 0 Å². The third kappa shape index (κ3) is 6.67. The van der Waals surface area contributed by atoms with Gasteiger partial charge in [0.15, 0.2) is 11.9 Å². The van der Waals surface area contributed by atoms with Crippen LogP contribution in [0.2, 0.25) is 0 Å². The molecule has 1 saturated heterocycles. The van der Waals surface area contributed by atoms with E-state index in [0.717, 1.165) is 23.8 Å². The van der Waals surface area contributed by atoms with Gasteiger partial charge < -0.3 is 23.6 Å². The van der Waals surface area contributed by atoms with Crippen LogP contribution in [0.3, 0.4) is 0 Å². The van der Waals surface area contributed by atoms with Crippen molar-refractivity contribution < 1.29 is 32.8 Å². The van der Waals surface area contributed by atoms with E-state index in [1.165, 1.54) is 6.92 Å². The third-order valence-electron chi connectivity index (χ3n) is 5.26. The normalized spacial score (nSPS) is 26.4. The van der Waals surface area contributed by atoms with Crippen molar-refractivity contribution in [3.05, 3.63) is 63.4 Å². The molecule has 198 valence electrons. The molecular weight excluding hydrogens is 516 g/mol. The van der Waals surface area contributed by atoms with Gasteiger partial charge in [-0.1, -0.05) is 18.2 Å². The number of hydrogen-bond donors (Lipinski definition) is 3. The van der Waals surface area contributed by atoms with Gasteiger partial charge in [-0.25, -0.2) is 14.3 Å². The Morgan fingerprint density at radius 3 is 2.58 bits per heavy atom. The molecule has 1 aromatic heterocycles. The smallest absolute Gasteiger partial charge is 0.330 e. The van der Waals surface area contributed by atoms with Crippen molar-refractivity contribution in [3.63, 3.8) is 0 Å². The monoisotopic (exact) mass is 545 g/mol. The fourth-order valence-electron chi connectivity index (χ4n) is 3.47. The van der Waals surface area contributed by atoms with Crippen LogP contribution in [0.4, 0.5) is 4.39 Å². The molecule has 1 unspecified atom stereocenters. The van der Waals surface area contributed by atoms with E-state index in [1.807, 2.05) is 4.98 Å². The molecule has 2 heterocycles. The van der Waals surface area contributed by atoms with Crippen LogP contribution in [0.25, 0.3) is 0 Å². The average molecular weight is 546 g/mol. The number of aromatic amines is 1. The zero-order valence-corrected chi connectivity index (χ0v) is 21.8. The molecule has 0 amide bonds. The predicted molar refractivity (Wildman–Crippen MR) is 132 cm³/mol. The molecule has 1 aliphatic rings. The Hall–Kier alpha value is -2.41. The number of ether oxygens (including phenoxy) is 2. The van der Waals surface area contributed by atoms with Crippen molar-refractivity contribution in [2.45, 2.75) is 63.9 Å². The highest BCUT2D eigenvalue weighted by atomic mass is 32.5. The van der Waals surface area contributed by atoms with Crippen molar-refractivity contribution in [2.75, 3.05) is 6.61 Å². The fourth-order valence-corrected chi connectivity index (χ4v) is 5.89. The van der Waals surface area contributed by atoms with Crippen molar-refractivity contribution in [2.24, 2.45) is 0 Å². The summed E-state index contributed by atoms with van der Waals surface area (Å²) in [5.74, 6) is -0.218. The van der Waals surface area contributed by atoms with Gasteiger partial charge in [-0.05, 0) is 51.6 Å². The number of aromatic nitrogens is 2. The van der Waals surface area contributed by atoms with Gasteiger partial charge in [0.05, 0.1) is 12.7 Å². The third-order valence-corrected chi connectivity index (χ3v) is 7.76. The zero-order chi connectivity index (χ0) is 26.7. The van der Waals surface area contributed by atoms with Crippen LogP contribution < -0.4 is 20.9 Å². The molecule has 1 aliphatic heterocycles. The van der Waals surface area contributed by atoms with Crippen molar-refractivity contribution in [3.8, 4) is 5.75 Å². The molecule has 0 radical (unpaired) electrons. The van der Waals surface area contributed by atoms with E-state index >= 15 is 4.39 Å². The van der Waals surface area contributed by atoms with E-state index in [0.29, 0.717) is 5.75 Å². The highest BCUT2D eigenvalue weighted by molar-refractivity contribution is 8.09. The highest BCUT2D eigenvalue weighted by Gasteiger charge is 2.55. The first-order valence-electron chi connectivity index (χ1n) is 11.1. The number of halogens is 1. The van der Waals surface area contributed by atoms with Crippen LogP contribution in [-0.4, -0.2) is 57.3 Å². The van der Waals surface area contributed by atoms with Gasteiger partial charge in [-0.15, -0.1) is 0 Å². The number of rotatable bonds is 10. The number of nitrogens with zero attached hydrogens (tertiary/aromatic N) is 1. The van der Waals surface area contributed by atoms with Gasteiger partial charge in [0.1, 0.15) is 24.0 Å². The van der Waals surface area contributed by atoms with Crippen molar-refractivity contribution >= 4 is 24.4 Å². The Morgan fingerprint density at radius 2 is 1.97 bits per heavy atom. The molecule has 36 heavy (non-hydrogen) atoms. The lowest BCUT2D eigenvalue weighted by Gasteiger charge is -2.28. The Kier molecular flexibility index (Phi) is 8.86. The van der Waals surface area contributed by atoms with Gasteiger partial charge in [0.25, 0.3) is 5.56 Å². The summed E-state index contributed by atoms with van der Waals surface area (Å²) in [7, 11) is 0. The largest absolute Gasteiger partial charge is 0.462 e. The van der Waals surface area contributed by atoms with Crippen molar-refractivity contribution in [1.29, 1.82) is 0 Å². The Balaban J connectivity index is 1.80. The maximum atomic E-state index is 15.5. The first-order chi connectivity index (χ1) is 16.8. The zero-order valence-electron chi connectivity index (χ0n) is 20.1. The number of carbonyl (C=O) groups is 1. The number of benzene rings is 1. The number of aliphatic hydroxyl groups is 1. The van der Waals surface area contributed by atoms with E-state index in [4.69, 9.17) is 30.3 Å². The second kappa shape index (κ2) is 11.3. The fraction of sp³-hybridized carbons (Fsp3) is 0.500. The number of para-hydroxylation sites is 1. The molecular formula is C22H29FN3O8PS. The van der Waals surface area contributed by atoms with E-state index in [2.05, 4.69) is 5.09 Å². The second-order valence-electron chi connectivity index (χ2n) is 8.67. The van der Waals surface area contributed by atoms with Gasteiger partial charge >= 0.3 is 18.3 Å². The molecule has 6 atom stereocenters. The molecule has 1 fully saturated rings. The summed E-state index contributed by atoms with van der Waals surface area (Å²) in [5.41, 5.74) is -3.98. The lowest BCUT2D eigenvalue weighted by molar-refractivity contribution is -0.149. The van der Waals surface area contributed by atoms with Crippen LogP contribution in [0.1, 0.15) is 33.9 Å². The Labute approximate surface area is 211 Å². The van der Waals surface area contributed by atoms with Crippen LogP contribution in [0.5, 0.6) is 5.75 Å². The molecule has 0 spiro atoms. The highest BCUT2D eigenvalue weighted by Crippen LogP contribution is 2.47. The quantitative estimate of drug-likeness (QED) is 0.299. The topological polar surface area (TPSA) is 141 Å². The molecule has 0 bridgehead atoms. The van der Waals surface area contributed by atoms with E-state index < -0.39 is 60.6 Å². The van der Waals surface area contributed by atoms with Crippen LogP contribution >= 0.6 is 6.64 Å². The van der Waals surface area contributed by atoms with Crippen LogP contribution in [-0.2, 0) is 30.6 Å². The number of nitrogens with one attached hydrogen (secondary N) is 2. The molecule has 0 saturated carbocycles. The minimum absolute atomic E-state index is 0.354. The van der Waals surface area contributed by atoms with E-state index in [1.54, 1.807) is 44.2 Å². The summed E-state index contributed by atoms with van der Waals surface area (Å²) in [4.78, 5) is 37.9. The SMILES string of the molecule is CC(C)OC(=O)[C@H](C)NP(=S)(OC[C@H]1O[C@@H](n2ccc(=O)[nH]c2=O)[C@](C)(F)[C@@H]1O)Oc1ccccc1. The Bertz CT molecular complexity index is 1220. The van der Waals surface area contributed by atoms with Crippen molar-refractivity contribution in [1.82, 2.24) is 14.6 Å². The van der Waals surface area contributed by atoms with E-state index in [9.17, 15) is 19.5 Å². The first-order valence-corrected chi connectivity index (χ1v) is 13.8. The molecule has 14 heteroatoms. The minimum Gasteiger partial charge on any atom is -0.462 e. The molecule has 2 aromatic rings. The number of hydrogen-bond acceptors (Lipinski definition) is 9. The number of aliphatic hydroxyl groups excluding tert-OH is 1. The number of alkyl halides is 1. The molecule has 11 nitrogen and oxygen atoms in total. The summed E-state index contributed by atoms with van der Waals surface area (Å²) in [6.45, 7) is 2.10. The first kappa shape index (κ1) is 28.2. The van der Waals surface area contributed by atoms with E-state index in [-0.39, 0.29) is 6.10 Å². The summed E-state index contributed by atoms with van der Waals surface area (Å²) in [6, 6.07) is 8.62. The van der Waals surface area contributed by atoms with Gasteiger partial charge in [-0.3, -0.25) is 19.1 Å². The summed E-state index contributed by atoms with van der Waals surface area (Å²) >= 11 is 5.60. The standard InChI is InChI=1S/C22H29FN3O8PS/c1-13(2)32-19(29)14(3)25-35(36,34-15-8-6-5-7-9-15)31-12-16-18(28)22(4,23)20(33-16)26-11-10-17(27)24-21(26)30/h5-11,13-14,16,18,20,28H,12H2,1-4H3,(H,25,36)(H,24,27,30)/t14-,16+,18+,20+,22+,35?/m0/s1. The summed E-state index contributed by atoms with van der Waals surface area (Å²) < 4.78 is 38.9. The number of H-pyrrole nitrogens is 1.